The van der Waals surface area contributed by atoms with Crippen molar-refractivity contribution < 1.29 is 4.74 Å². The first-order valence-corrected chi connectivity index (χ1v) is 7.21. The minimum atomic E-state index is 0.0470. The number of benzene rings is 1. The van der Waals surface area contributed by atoms with Crippen molar-refractivity contribution in [3.63, 3.8) is 0 Å². The van der Waals surface area contributed by atoms with Crippen molar-refractivity contribution in [2.24, 2.45) is 0 Å². The summed E-state index contributed by atoms with van der Waals surface area (Å²) in [5.74, 6) is 1.29. The van der Waals surface area contributed by atoms with Crippen molar-refractivity contribution in [3.8, 4) is 5.75 Å². The molecule has 0 amide bonds. The summed E-state index contributed by atoms with van der Waals surface area (Å²) in [5, 5.41) is 3.07. The highest BCUT2D eigenvalue weighted by Crippen LogP contribution is 2.30. The molecule has 0 fully saturated rings. The first kappa shape index (κ1) is 12.9. The van der Waals surface area contributed by atoms with Crippen LogP contribution in [0.3, 0.4) is 0 Å². The number of rotatable bonds is 3. The lowest BCUT2D eigenvalue weighted by molar-refractivity contribution is 0.415. The molecule has 0 radical (unpaired) electrons. The lowest BCUT2D eigenvalue weighted by Gasteiger charge is -2.13. The molecular weight excluding hydrogens is 272 g/mol. The van der Waals surface area contributed by atoms with Gasteiger partial charge in [0.15, 0.2) is 0 Å². The van der Waals surface area contributed by atoms with Gasteiger partial charge in [0.25, 0.3) is 0 Å². The number of nitrogens with two attached hydrogens (primary N) is 1. The first-order chi connectivity index (χ1) is 9.60. The van der Waals surface area contributed by atoms with Gasteiger partial charge in [-0.05, 0) is 26.0 Å². The number of aromatic nitrogens is 3. The molecule has 6 heteroatoms. The average Bonchev–Trinajstić information content (AvgIpc) is 3.00. The summed E-state index contributed by atoms with van der Waals surface area (Å²) in [6.45, 7) is 4.07. The third-order valence-corrected chi connectivity index (χ3v) is 4.44. The van der Waals surface area contributed by atoms with E-state index in [1.54, 1.807) is 18.4 Å². The van der Waals surface area contributed by atoms with Gasteiger partial charge in [0.1, 0.15) is 10.8 Å². The smallest absolute Gasteiger partial charge is 0.201 e. The van der Waals surface area contributed by atoms with Crippen LogP contribution in [0.5, 0.6) is 5.75 Å². The molecular formula is C14H16N4OS. The third-order valence-electron chi connectivity index (χ3n) is 3.31. The number of imidazole rings is 1. The van der Waals surface area contributed by atoms with Crippen LogP contribution in [-0.4, -0.2) is 21.6 Å². The number of thiazole rings is 1. The monoisotopic (exact) mass is 288 g/mol. The van der Waals surface area contributed by atoms with Crippen molar-refractivity contribution in [3.05, 3.63) is 34.3 Å². The van der Waals surface area contributed by atoms with Gasteiger partial charge in [0.2, 0.25) is 5.95 Å². The van der Waals surface area contributed by atoms with Gasteiger partial charge in [-0.15, -0.1) is 11.3 Å². The predicted molar refractivity (Wildman–Crippen MR) is 81.4 cm³/mol. The second-order valence-corrected chi connectivity index (χ2v) is 5.59. The topological polar surface area (TPSA) is 66.0 Å². The Kier molecular flexibility index (Phi) is 3.10. The summed E-state index contributed by atoms with van der Waals surface area (Å²) in [6.07, 6.45) is 0. The molecule has 0 aliphatic carbocycles. The zero-order chi connectivity index (χ0) is 14.3. The van der Waals surface area contributed by atoms with Crippen LogP contribution >= 0.6 is 11.3 Å². The standard InChI is InChI=1S/C14H16N4OS/c1-8-7-20-13(16-8)9(2)18-12-6-10(19-3)4-5-11(12)17-14(18)15/h4-7,9H,1-3H3,(H2,15,17). The van der Waals surface area contributed by atoms with Gasteiger partial charge in [0, 0.05) is 17.1 Å². The maximum atomic E-state index is 6.08. The molecule has 104 valence electrons. The van der Waals surface area contributed by atoms with Gasteiger partial charge in [-0.25, -0.2) is 9.97 Å². The summed E-state index contributed by atoms with van der Waals surface area (Å²) in [7, 11) is 1.65. The average molecular weight is 288 g/mol. The Morgan fingerprint density at radius 3 is 2.80 bits per heavy atom. The second kappa shape index (κ2) is 4.79. The van der Waals surface area contributed by atoms with Gasteiger partial charge in [-0.1, -0.05) is 0 Å². The number of aryl methyl sites for hydroxylation is 1. The Hall–Kier alpha value is -2.08. The number of hydrogen-bond acceptors (Lipinski definition) is 5. The van der Waals surface area contributed by atoms with Crippen molar-refractivity contribution in [1.82, 2.24) is 14.5 Å². The highest BCUT2D eigenvalue weighted by atomic mass is 32.1. The van der Waals surface area contributed by atoms with Crippen LogP contribution in [0.4, 0.5) is 5.95 Å². The number of nitrogen functional groups attached to an aromatic ring is 1. The summed E-state index contributed by atoms with van der Waals surface area (Å²) >= 11 is 1.64. The molecule has 0 aliphatic rings. The van der Waals surface area contributed by atoms with Gasteiger partial charge in [-0.3, -0.25) is 0 Å². The van der Waals surface area contributed by atoms with Gasteiger partial charge in [0.05, 0.1) is 24.2 Å². The highest BCUT2D eigenvalue weighted by Gasteiger charge is 2.18. The molecule has 1 aromatic carbocycles. The lowest BCUT2D eigenvalue weighted by atomic mass is 10.2. The number of fused-ring (bicyclic) bond motifs is 1. The molecule has 5 nitrogen and oxygen atoms in total. The SMILES string of the molecule is COc1ccc2nc(N)n(C(C)c3nc(C)cs3)c2c1. The van der Waals surface area contributed by atoms with Crippen LogP contribution in [0.2, 0.25) is 0 Å². The molecule has 0 saturated heterocycles. The summed E-state index contributed by atoms with van der Waals surface area (Å²) < 4.78 is 7.28. The zero-order valence-corrected chi connectivity index (χ0v) is 12.4. The quantitative estimate of drug-likeness (QED) is 0.804. The first-order valence-electron chi connectivity index (χ1n) is 6.33. The van der Waals surface area contributed by atoms with E-state index in [1.165, 1.54) is 0 Å². The molecule has 2 N–H and O–H groups in total. The second-order valence-electron chi connectivity index (χ2n) is 4.70. The fourth-order valence-electron chi connectivity index (χ4n) is 2.30. The van der Waals surface area contributed by atoms with Crippen LogP contribution < -0.4 is 10.5 Å². The number of methoxy groups -OCH3 is 1. The molecule has 1 atom stereocenters. The summed E-state index contributed by atoms with van der Waals surface area (Å²) in [4.78, 5) is 8.94. The van der Waals surface area contributed by atoms with E-state index >= 15 is 0 Å². The predicted octanol–water partition coefficient (Wildman–Crippen LogP) is 3.00. The van der Waals surface area contributed by atoms with Crippen molar-refractivity contribution >= 4 is 28.3 Å². The molecule has 1 unspecified atom stereocenters. The maximum Gasteiger partial charge on any atom is 0.201 e. The van der Waals surface area contributed by atoms with Crippen molar-refractivity contribution in [1.29, 1.82) is 0 Å². The van der Waals surface area contributed by atoms with Gasteiger partial charge in [-0.2, -0.15) is 0 Å². The van der Waals surface area contributed by atoms with Crippen LogP contribution in [0.25, 0.3) is 11.0 Å². The molecule has 0 saturated carbocycles. The summed E-state index contributed by atoms with van der Waals surface area (Å²) in [5.41, 5.74) is 8.93. The van der Waals surface area contributed by atoms with Gasteiger partial charge >= 0.3 is 0 Å². The molecule has 3 aromatic rings. The minimum Gasteiger partial charge on any atom is -0.497 e. The van der Waals surface area contributed by atoms with Crippen molar-refractivity contribution in [2.45, 2.75) is 19.9 Å². The largest absolute Gasteiger partial charge is 0.497 e. The lowest BCUT2D eigenvalue weighted by Crippen LogP contribution is -2.10. The van der Waals surface area contributed by atoms with Crippen LogP contribution in [0.15, 0.2) is 23.6 Å². The van der Waals surface area contributed by atoms with Gasteiger partial charge < -0.3 is 15.0 Å². The van der Waals surface area contributed by atoms with E-state index in [-0.39, 0.29) is 6.04 Å². The molecule has 0 bridgehead atoms. The maximum absolute atomic E-state index is 6.08. The Morgan fingerprint density at radius 2 is 2.15 bits per heavy atom. The molecule has 2 heterocycles. The van der Waals surface area contributed by atoms with Crippen molar-refractivity contribution in [2.75, 3.05) is 12.8 Å². The molecule has 0 aliphatic heterocycles. The Bertz CT molecular complexity index is 762. The zero-order valence-electron chi connectivity index (χ0n) is 11.6. The minimum absolute atomic E-state index is 0.0470. The van der Waals surface area contributed by atoms with Crippen LogP contribution in [-0.2, 0) is 0 Å². The number of nitrogens with zero attached hydrogens (tertiary/aromatic N) is 3. The van der Waals surface area contributed by atoms with Crippen LogP contribution in [0, 0.1) is 6.92 Å². The fraction of sp³-hybridized carbons (Fsp3) is 0.286. The van der Waals surface area contributed by atoms with E-state index in [0.717, 1.165) is 27.5 Å². The number of ether oxygens (including phenoxy) is 1. The molecule has 0 spiro atoms. The van der Waals surface area contributed by atoms with E-state index in [2.05, 4.69) is 16.9 Å². The Labute approximate surface area is 121 Å². The van der Waals surface area contributed by atoms with E-state index in [1.807, 2.05) is 35.1 Å². The Balaban J connectivity index is 2.16. The third kappa shape index (κ3) is 2.02. The normalized spacial score (nSPS) is 12.8. The van der Waals surface area contributed by atoms with E-state index in [0.29, 0.717) is 5.95 Å². The highest BCUT2D eigenvalue weighted by molar-refractivity contribution is 7.09. The van der Waals surface area contributed by atoms with Crippen LogP contribution in [0.1, 0.15) is 23.7 Å². The van der Waals surface area contributed by atoms with E-state index in [9.17, 15) is 0 Å². The number of anilines is 1. The molecule has 20 heavy (non-hydrogen) atoms. The molecule has 3 rings (SSSR count). The summed E-state index contributed by atoms with van der Waals surface area (Å²) in [6, 6.07) is 5.80. The van der Waals surface area contributed by atoms with E-state index in [4.69, 9.17) is 10.5 Å². The molecule has 2 aromatic heterocycles. The fourth-order valence-corrected chi connectivity index (χ4v) is 3.14. The van der Waals surface area contributed by atoms with E-state index < -0.39 is 0 Å². The number of hydrogen-bond donors (Lipinski definition) is 1. The Morgan fingerprint density at radius 1 is 1.35 bits per heavy atom.